The number of hydrogen-bond acceptors (Lipinski definition) is 22. The number of methoxy groups -OCH3 is 2. The van der Waals surface area contributed by atoms with Gasteiger partial charge < -0.3 is 38.6 Å². The van der Waals surface area contributed by atoms with Crippen molar-refractivity contribution in [3.63, 3.8) is 0 Å². The van der Waals surface area contributed by atoms with Crippen molar-refractivity contribution in [1.82, 2.24) is 34.5 Å². The molecule has 3 aliphatic rings. The number of likely N-dealkylation sites (N-methyl/N-ethyl adjacent to an activating group) is 3. The molecule has 3 aliphatic heterocycles. The maximum atomic E-state index is 14.4. The van der Waals surface area contributed by atoms with Gasteiger partial charge in [-0.25, -0.2) is 37.5 Å². The lowest BCUT2D eigenvalue weighted by atomic mass is 9.82. The normalized spacial score (nSPS) is 18.2. The summed E-state index contributed by atoms with van der Waals surface area (Å²) in [4.78, 5) is 133. The molecule has 6 rings (SSSR count). The minimum atomic E-state index is -2.29. The molecule has 3 fully saturated rings. The second kappa shape index (κ2) is 49.8. The predicted molar refractivity (Wildman–Crippen MR) is 402 cm³/mol. The van der Waals surface area contributed by atoms with Crippen LogP contribution in [0.15, 0.2) is 15.9 Å². The second-order valence-electron chi connectivity index (χ2n) is 28.3. The average molecular weight is 1570 g/mol. The van der Waals surface area contributed by atoms with Crippen molar-refractivity contribution in [1.29, 1.82) is 0 Å². The van der Waals surface area contributed by atoms with Crippen LogP contribution in [0.1, 0.15) is 255 Å². The number of hydrogen-bond donors (Lipinski definition) is 1. The monoisotopic (exact) mass is 1570 g/mol. The number of piperidine rings is 3. The Morgan fingerprint density at radius 3 is 1.33 bits per heavy atom. The van der Waals surface area contributed by atoms with E-state index in [0.717, 1.165) is 74.5 Å². The molecule has 0 bridgehead atoms. The van der Waals surface area contributed by atoms with Gasteiger partial charge in [0.2, 0.25) is 46.6 Å². The molecule has 3 saturated heterocycles. The second-order valence-corrected chi connectivity index (χ2v) is 30.0. The first-order valence-corrected chi connectivity index (χ1v) is 39.5. The van der Waals surface area contributed by atoms with Gasteiger partial charge in [-0.3, -0.25) is 43.5 Å². The number of thiazole rings is 2. The van der Waals surface area contributed by atoms with Crippen molar-refractivity contribution in [3.05, 3.63) is 71.7 Å². The first-order chi connectivity index (χ1) is 51.1. The largest absolute Gasteiger partial charge is 0.480 e. The fourth-order valence-corrected chi connectivity index (χ4v) is 14.4. The van der Waals surface area contributed by atoms with E-state index in [1.807, 2.05) is 116 Å². The van der Waals surface area contributed by atoms with Gasteiger partial charge in [-0.2, -0.15) is 8.78 Å². The molecular weight excluding hydrogens is 1450 g/mol. The van der Waals surface area contributed by atoms with Crippen LogP contribution in [0.2, 0.25) is 0 Å². The summed E-state index contributed by atoms with van der Waals surface area (Å²) in [7, 11) is 8.11. The molecule has 0 aliphatic carbocycles. The number of azide groups is 1. The fraction of sp³-hybridized carbons (Fsp3) is 0.724. The van der Waals surface area contributed by atoms with Gasteiger partial charge >= 0.3 is 35.8 Å². The molecule has 25 nitrogen and oxygen atoms in total. The van der Waals surface area contributed by atoms with Gasteiger partial charge in [0.1, 0.15) is 18.1 Å². The Labute approximate surface area is 642 Å². The number of ketones is 1. The van der Waals surface area contributed by atoms with Crippen LogP contribution >= 0.6 is 22.7 Å². The minimum absolute atomic E-state index is 0.0130. The fourth-order valence-electron chi connectivity index (χ4n) is 12.7. The third-order valence-electron chi connectivity index (χ3n) is 19.7. The Balaban J connectivity index is 0.000000527. The summed E-state index contributed by atoms with van der Waals surface area (Å²) in [6, 6.07) is -2.64. The van der Waals surface area contributed by atoms with E-state index in [-0.39, 0.29) is 133 Å². The van der Waals surface area contributed by atoms with Gasteiger partial charge in [0.15, 0.2) is 30.6 Å². The highest BCUT2D eigenvalue weighted by atomic mass is 32.1. The molecule has 610 valence electrons. The van der Waals surface area contributed by atoms with Crippen molar-refractivity contribution in [2.75, 3.05) is 68.5 Å². The first kappa shape index (κ1) is 96.8. The van der Waals surface area contributed by atoms with Gasteiger partial charge in [-0.05, 0) is 134 Å². The van der Waals surface area contributed by atoms with E-state index in [1.165, 1.54) is 41.8 Å². The molecule has 3 unspecified atom stereocenters. The summed E-state index contributed by atoms with van der Waals surface area (Å²) in [5.41, 5.74) is 9.58. The van der Waals surface area contributed by atoms with Gasteiger partial charge in [0, 0.05) is 64.8 Å². The van der Waals surface area contributed by atoms with Gasteiger partial charge in [-0.1, -0.05) is 134 Å². The number of aliphatic carboxylic acids is 1. The van der Waals surface area contributed by atoms with Gasteiger partial charge in [0.05, 0.1) is 30.3 Å². The van der Waals surface area contributed by atoms with Crippen LogP contribution < -0.4 is 4.74 Å². The lowest BCUT2D eigenvalue weighted by Gasteiger charge is -2.39. The molecule has 0 radical (unpaired) electrons. The summed E-state index contributed by atoms with van der Waals surface area (Å²) in [6.45, 7) is 29.7. The molecule has 11 atom stereocenters. The lowest BCUT2D eigenvalue weighted by molar-refractivity contribution is -0.161. The molecule has 5 heterocycles. The number of rotatable bonds is 33. The summed E-state index contributed by atoms with van der Waals surface area (Å²) < 4.78 is 90.8. The Morgan fingerprint density at radius 2 is 0.981 bits per heavy atom. The van der Waals surface area contributed by atoms with E-state index >= 15 is 0 Å². The summed E-state index contributed by atoms with van der Waals surface area (Å²) in [6.07, 6.45) is 12.4. The highest BCUT2D eigenvalue weighted by molar-refractivity contribution is 7.10. The maximum Gasteiger partial charge on any atom is 0.357 e. The zero-order valence-corrected chi connectivity index (χ0v) is 68.4. The van der Waals surface area contributed by atoms with Crippen molar-refractivity contribution >= 4 is 76.1 Å². The minimum Gasteiger partial charge on any atom is -0.480 e. The number of esters is 5. The molecular formula is C76H119F5N10O15S2. The zero-order valence-electron chi connectivity index (χ0n) is 66.8. The molecule has 1 aromatic carbocycles. The van der Waals surface area contributed by atoms with E-state index in [2.05, 4.69) is 29.6 Å². The van der Waals surface area contributed by atoms with E-state index in [1.54, 1.807) is 27.6 Å². The molecule has 108 heavy (non-hydrogen) atoms. The maximum absolute atomic E-state index is 14.4. The predicted octanol–water partition coefficient (Wildman–Crippen LogP) is 15.3. The highest BCUT2D eigenvalue weighted by Crippen LogP contribution is 2.36. The molecule has 1 N–H and O–H groups in total. The molecule has 32 heteroatoms. The van der Waals surface area contributed by atoms with Crippen molar-refractivity contribution in [2.24, 2.45) is 34.7 Å². The van der Waals surface area contributed by atoms with Crippen LogP contribution in [-0.4, -0.2) is 198 Å². The topological polar surface area (TPSA) is 311 Å². The van der Waals surface area contributed by atoms with Gasteiger partial charge in [-0.15, -0.1) is 22.7 Å². The number of nitrogens with zero attached hydrogens (tertiary/aromatic N) is 10. The van der Waals surface area contributed by atoms with Crippen LogP contribution in [0, 0.1) is 58.7 Å². The number of halogens is 5. The SMILES string of the molecule is CC.CCCC(=O)OCN(C(=O)[C@@H](CC(=O)C1CCCCN1C)[C@@H](C)CC)[C@H](C[C@@H](C)c1nc(C(=O)OC)cs1)C(C)C.CCCC(=O)OCN(C(=O)[C@@H](N=[N+]=[N-])[C@@H](C)CC)[C@H](C[C@@H](C)c1nc(C(=O)OC)cs1)C(C)C.CN1CCCCC1C(=O)O.CN1CCCCC1C(=O)Oc1c(F)c(F)c(F)c(F)c1F. The summed E-state index contributed by atoms with van der Waals surface area (Å²) >= 11 is 2.74. The van der Waals surface area contributed by atoms with Gasteiger partial charge in [0.25, 0.3) is 0 Å². The zero-order chi connectivity index (χ0) is 81.8. The van der Waals surface area contributed by atoms with E-state index in [0.29, 0.717) is 51.5 Å². The van der Waals surface area contributed by atoms with Crippen LogP contribution in [-0.2, 0) is 52.5 Å². The molecule has 2 aromatic heterocycles. The Kier molecular flexibility index (Phi) is 44.7. The van der Waals surface area contributed by atoms with Crippen molar-refractivity contribution in [2.45, 2.75) is 261 Å². The number of carbonyl (C=O) groups excluding carboxylic acids is 8. The first-order valence-electron chi connectivity index (χ1n) is 37.7. The molecule has 0 saturated carbocycles. The number of ether oxygens (including phenoxy) is 5. The Hall–Kier alpha value is -7.25. The third kappa shape index (κ3) is 29.5. The molecule has 2 amide bonds. The Morgan fingerprint density at radius 1 is 0.593 bits per heavy atom. The standard InChI is InChI=1S/C31H51N3O6S.C23H37N5O5S.C13H12F5NO2.C7H13NO2.C2H6/c1-9-13-28(36)40-19-34(26(20(3)4)16-22(6)29-32-24(18-41-29)31(38)39-8)30(37)23(21(5)10-2)17-27(35)25-14-11-12-15-33(25)7;1-8-10-19(29)33-13-28(22(30)20(26-27-24)15(5)9-2)18(14(3)4)11-16(6)21-25-17(12-34-21)23(31)32-7;1-19-5-3-2-4-6(19)13(20)21-12-10(17)8(15)7(14)9(16)11(12)18;1-8-5-3-2-4-6(8)7(9)10;1-2/h18,20-23,25-26H,9-17,19H2,1-8H3;12,14-16,18,20H,8-11,13H2,1-7H3;6H,2-5H2,1H3;6H,2-5H2,1H3,(H,9,10);1-2H3/t21-,22+,23-,25?,26+;15-,16+,18+,20-;;;/m00.../s1. The van der Waals surface area contributed by atoms with Crippen LogP contribution in [0.3, 0.4) is 0 Å². The summed E-state index contributed by atoms with van der Waals surface area (Å²) in [5, 5.41) is 17.3. The van der Waals surface area contributed by atoms with E-state index in [4.69, 9.17) is 29.6 Å². The number of carboxylic acids is 1. The number of benzene rings is 1. The Bertz CT molecular complexity index is 3370. The van der Waals surface area contributed by atoms with Crippen molar-refractivity contribution < 1.29 is 93.9 Å². The number of amides is 2. The number of aromatic nitrogens is 2. The highest BCUT2D eigenvalue weighted by Gasteiger charge is 2.41. The number of carbonyl (C=O) groups is 9. The molecule has 3 aromatic rings. The van der Waals surface area contributed by atoms with Crippen LogP contribution in [0.5, 0.6) is 5.75 Å². The number of carboxylic acid groups (broad SMARTS) is 1. The smallest absolute Gasteiger partial charge is 0.357 e. The third-order valence-corrected chi connectivity index (χ3v) is 21.9. The summed E-state index contributed by atoms with van der Waals surface area (Å²) in [5.74, 6) is -17.1. The van der Waals surface area contributed by atoms with Crippen LogP contribution in [0.4, 0.5) is 22.0 Å². The number of Topliss-reactive ketones (excluding diaryl/α,β-unsaturated/α-hetero) is 1. The average Bonchev–Trinajstić information content (AvgIpc) is 0.991. The van der Waals surface area contributed by atoms with Crippen molar-refractivity contribution in [3.8, 4) is 5.75 Å². The molecule has 0 spiro atoms. The van der Waals surface area contributed by atoms with Crippen LogP contribution in [0.25, 0.3) is 10.4 Å². The number of likely N-dealkylation sites (tertiary alicyclic amines) is 3. The van der Waals surface area contributed by atoms with E-state index < -0.39 is 76.7 Å². The van der Waals surface area contributed by atoms with E-state index in [9.17, 15) is 65.1 Å². The lowest BCUT2D eigenvalue weighted by Crippen LogP contribution is -2.50. The quantitative estimate of drug-likeness (QED) is 0.00566.